The molecule has 2 unspecified atom stereocenters. The molecule has 5 nitrogen and oxygen atoms in total. The zero-order chi connectivity index (χ0) is 8.43. The van der Waals surface area contributed by atoms with Crippen molar-refractivity contribution in [2.75, 3.05) is 6.61 Å². The Morgan fingerprint density at radius 1 is 1.55 bits per heavy atom. The van der Waals surface area contributed by atoms with Gasteiger partial charge in [0.25, 0.3) is 0 Å². The molecular weight excluding hydrogens is 152 g/mol. The normalized spacial score (nSPS) is 39.2. The van der Waals surface area contributed by atoms with Crippen molar-refractivity contribution < 1.29 is 24.9 Å². The quantitative estimate of drug-likeness (QED) is 0.415. The van der Waals surface area contributed by atoms with Crippen molar-refractivity contribution in [1.29, 1.82) is 0 Å². The number of rotatable bonds is 1. The zero-order valence-corrected chi connectivity index (χ0v) is 5.80. The van der Waals surface area contributed by atoms with Gasteiger partial charge in [-0.3, -0.25) is 4.79 Å². The Morgan fingerprint density at radius 3 is 2.73 bits per heavy atom. The molecule has 1 fully saturated rings. The van der Waals surface area contributed by atoms with Gasteiger partial charge in [-0.1, -0.05) is 0 Å². The Bertz CT molecular complexity index is 157. The smallest absolute Gasteiger partial charge is 0.169 e. The van der Waals surface area contributed by atoms with Crippen LogP contribution in [0.5, 0.6) is 0 Å². The van der Waals surface area contributed by atoms with E-state index in [9.17, 15) is 4.79 Å². The van der Waals surface area contributed by atoms with Crippen LogP contribution in [0.25, 0.3) is 0 Å². The number of carbonyl (C=O) groups is 1. The van der Waals surface area contributed by atoms with E-state index in [0.717, 1.165) is 0 Å². The summed E-state index contributed by atoms with van der Waals surface area (Å²) in [5.74, 6) is -0.497. The number of hydrogen-bond donors (Lipinski definition) is 3. The largest absolute Gasteiger partial charge is 0.394 e. The summed E-state index contributed by atoms with van der Waals surface area (Å²) in [5, 5.41) is 26.4. The molecule has 0 aromatic heterocycles. The third-order valence-electron chi connectivity index (χ3n) is 1.57. The number of hydrogen-bond acceptors (Lipinski definition) is 5. The molecular formula is C6H10O5. The van der Waals surface area contributed by atoms with Gasteiger partial charge in [0.05, 0.1) is 13.0 Å². The molecule has 1 heterocycles. The molecule has 3 N–H and O–H groups in total. The third-order valence-corrected chi connectivity index (χ3v) is 1.57. The highest BCUT2D eigenvalue weighted by Crippen LogP contribution is 2.14. The Morgan fingerprint density at radius 2 is 2.18 bits per heavy atom. The van der Waals surface area contributed by atoms with E-state index in [0.29, 0.717) is 0 Å². The molecule has 0 bridgehead atoms. The predicted molar refractivity (Wildman–Crippen MR) is 33.6 cm³/mol. The molecule has 1 rings (SSSR count). The molecule has 0 radical (unpaired) electrons. The van der Waals surface area contributed by atoms with Crippen LogP contribution in [0.3, 0.4) is 0 Å². The summed E-state index contributed by atoms with van der Waals surface area (Å²) in [7, 11) is 0. The van der Waals surface area contributed by atoms with Gasteiger partial charge in [-0.15, -0.1) is 0 Å². The van der Waals surface area contributed by atoms with Crippen molar-refractivity contribution in [3.63, 3.8) is 0 Å². The molecule has 0 aromatic carbocycles. The second kappa shape index (κ2) is 3.27. The molecule has 11 heavy (non-hydrogen) atoms. The SMILES string of the molecule is O=C1CC(O)O[C@H](CO)C1O. The van der Waals surface area contributed by atoms with E-state index in [4.69, 9.17) is 15.3 Å². The van der Waals surface area contributed by atoms with Crippen LogP contribution < -0.4 is 0 Å². The number of aliphatic hydroxyl groups is 3. The van der Waals surface area contributed by atoms with Gasteiger partial charge in [0.1, 0.15) is 12.2 Å². The van der Waals surface area contributed by atoms with Crippen molar-refractivity contribution in [3.05, 3.63) is 0 Å². The van der Waals surface area contributed by atoms with Crippen molar-refractivity contribution in [2.45, 2.75) is 24.9 Å². The molecule has 0 aromatic rings. The zero-order valence-electron chi connectivity index (χ0n) is 5.80. The van der Waals surface area contributed by atoms with Gasteiger partial charge in [-0.05, 0) is 0 Å². The highest BCUT2D eigenvalue weighted by molar-refractivity contribution is 5.84. The lowest BCUT2D eigenvalue weighted by Crippen LogP contribution is -2.47. The fourth-order valence-electron chi connectivity index (χ4n) is 0.967. The predicted octanol–water partition coefficient (Wildman–Crippen LogP) is -1.98. The first-order valence-corrected chi connectivity index (χ1v) is 3.30. The molecule has 64 valence electrons. The van der Waals surface area contributed by atoms with Gasteiger partial charge >= 0.3 is 0 Å². The van der Waals surface area contributed by atoms with Gasteiger partial charge in [0.15, 0.2) is 12.1 Å². The van der Waals surface area contributed by atoms with Crippen molar-refractivity contribution in [3.8, 4) is 0 Å². The van der Waals surface area contributed by atoms with Crippen LogP contribution in [0.1, 0.15) is 6.42 Å². The van der Waals surface area contributed by atoms with Gasteiger partial charge in [0, 0.05) is 0 Å². The number of carbonyl (C=O) groups excluding carboxylic acids is 1. The van der Waals surface area contributed by atoms with Crippen molar-refractivity contribution in [1.82, 2.24) is 0 Å². The summed E-state index contributed by atoms with van der Waals surface area (Å²) >= 11 is 0. The van der Waals surface area contributed by atoms with E-state index in [-0.39, 0.29) is 6.42 Å². The fraction of sp³-hybridized carbons (Fsp3) is 0.833. The molecule has 5 heteroatoms. The number of ketones is 1. The van der Waals surface area contributed by atoms with Crippen LogP contribution in [-0.4, -0.2) is 46.2 Å². The van der Waals surface area contributed by atoms with Crippen LogP contribution in [0, 0.1) is 0 Å². The van der Waals surface area contributed by atoms with E-state index in [2.05, 4.69) is 4.74 Å². The minimum Gasteiger partial charge on any atom is -0.394 e. The Hall–Kier alpha value is -0.490. The molecule has 1 saturated heterocycles. The van der Waals surface area contributed by atoms with E-state index in [1.54, 1.807) is 0 Å². The molecule has 0 saturated carbocycles. The lowest BCUT2D eigenvalue weighted by Gasteiger charge is -2.28. The van der Waals surface area contributed by atoms with Crippen LogP contribution in [0.15, 0.2) is 0 Å². The van der Waals surface area contributed by atoms with Crippen LogP contribution in [0.4, 0.5) is 0 Å². The lowest BCUT2D eigenvalue weighted by atomic mass is 10.0. The summed E-state index contributed by atoms with van der Waals surface area (Å²) < 4.78 is 4.65. The first kappa shape index (κ1) is 8.61. The summed E-state index contributed by atoms with van der Waals surface area (Å²) in [6.45, 7) is -0.468. The first-order chi connectivity index (χ1) is 5.15. The molecule has 0 spiro atoms. The molecule has 1 aliphatic heterocycles. The van der Waals surface area contributed by atoms with Crippen LogP contribution >= 0.6 is 0 Å². The Labute approximate surface area is 63.2 Å². The second-order valence-corrected chi connectivity index (χ2v) is 2.43. The average Bonchev–Trinajstić information content (AvgIpc) is 1.96. The molecule has 0 amide bonds. The van der Waals surface area contributed by atoms with E-state index >= 15 is 0 Å². The highest BCUT2D eigenvalue weighted by atomic mass is 16.6. The average molecular weight is 162 g/mol. The van der Waals surface area contributed by atoms with Gasteiger partial charge in [-0.25, -0.2) is 0 Å². The monoisotopic (exact) mass is 162 g/mol. The maximum atomic E-state index is 10.8. The maximum absolute atomic E-state index is 10.8. The second-order valence-electron chi connectivity index (χ2n) is 2.43. The fourth-order valence-corrected chi connectivity index (χ4v) is 0.967. The summed E-state index contributed by atoms with van der Waals surface area (Å²) in [6, 6.07) is 0. The standard InChI is InChI=1S/C6H10O5/c7-2-4-6(10)3(8)1-5(9)11-4/h4-7,9-10H,1-2H2/t4-,5?,6?/m1/s1. The Kier molecular flexibility index (Phi) is 2.56. The molecule has 3 atom stereocenters. The van der Waals surface area contributed by atoms with E-state index in [1.165, 1.54) is 0 Å². The van der Waals surface area contributed by atoms with Crippen molar-refractivity contribution in [2.24, 2.45) is 0 Å². The van der Waals surface area contributed by atoms with Gasteiger partial charge in [-0.2, -0.15) is 0 Å². The number of ether oxygens (including phenoxy) is 1. The van der Waals surface area contributed by atoms with E-state index < -0.39 is 30.9 Å². The van der Waals surface area contributed by atoms with Crippen LogP contribution in [0.2, 0.25) is 0 Å². The Balaban J connectivity index is 2.58. The minimum atomic E-state index is -1.30. The number of Topliss-reactive ketones (excluding diaryl/α,β-unsaturated/α-hetero) is 1. The van der Waals surface area contributed by atoms with Gasteiger partial charge in [0.2, 0.25) is 0 Å². The van der Waals surface area contributed by atoms with Gasteiger partial charge < -0.3 is 20.1 Å². The first-order valence-electron chi connectivity index (χ1n) is 3.30. The summed E-state index contributed by atoms with van der Waals surface area (Å²) in [6.07, 6.45) is -3.69. The number of aliphatic hydroxyl groups excluding tert-OH is 3. The van der Waals surface area contributed by atoms with Crippen LogP contribution in [-0.2, 0) is 9.53 Å². The molecule has 0 aliphatic carbocycles. The highest BCUT2D eigenvalue weighted by Gasteiger charge is 2.34. The maximum Gasteiger partial charge on any atom is 0.169 e. The summed E-state index contributed by atoms with van der Waals surface area (Å²) in [5.41, 5.74) is 0. The third kappa shape index (κ3) is 1.75. The molecule has 1 aliphatic rings. The topological polar surface area (TPSA) is 87.0 Å². The summed E-state index contributed by atoms with van der Waals surface area (Å²) in [4.78, 5) is 10.8. The van der Waals surface area contributed by atoms with E-state index in [1.807, 2.05) is 0 Å². The van der Waals surface area contributed by atoms with Crippen molar-refractivity contribution >= 4 is 5.78 Å². The minimum absolute atomic E-state index is 0.211. The lowest BCUT2D eigenvalue weighted by molar-refractivity contribution is -0.205.